The van der Waals surface area contributed by atoms with E-state index in [0.29, 0.717) is 19.3 Å². The molecule has 0 amide bonds. The fraction of sp³-hybridized carbons (Fsp3) is 0.647. The van der Waals surface area contributed by atoms with Crippen LogP contribution in [0.2, 0.25) is 0 Å². The maximum Gasteiger partial charge on any atom is 0.472 e. The topological polar surface area (TPSA) is 210 Å². The molecule has 1 saturated carbocycles. The first-order chi connectivity index (χ1) is 31.4. The van der Waals surface area contributed by atoms with Gasteiger partial charge >= 0.3 is 19.8 Å². The van der Waals surface area contributed by atoms with Crippen LogP contribution in [0.25, 0.3) is 0 Å². The number of carbonyl (C=O) groups excluding carboxylic acids is 2. The zero-order valence-corrected chi connectivity index (χ0v) is 40.1. The van der Waals surface area contributed by atoms with Gasteiger partial charge in [-0.05, 0) is 96.3 Å². The molecule has 6 N–H and O–H groups in total. The van der Waals surface area contributed by atoms with Crippen LogP contribution in [0.4, 0.5) is 0 Å². The van der Waals surface area contributed by atoms with Crippen LogP contribution in [0.3, 0.4) is 0 Å². The summed E-state index contributed by atoms with van der Waals surface area (Å²) in [7, 11) is -5.15. The maximum atomic E-state index is 12.8. The number of carbonyl (C=O) groups is 2. The summed E-state index contributed by atoms with van der Waals surface area (Å²) in [5, 5.41) is 50.2. The van der Waals surface area contributed by atoms with Gasteiger partial charge in [0.1, 0.15) is 43.2 Å². The zero-order chi connectivity index (χ0) is 47.8. The van der Waals surface area contributed by atoms with Crippen molar-refractivity contribution >= 4 is 19.8 Å². The van der Waals surface area contributed by atoms with Crippen molar-refractivity contribution in [3.05, 3.63) is 97.2 Å². The van der Waals surface area contributed by atoms with Crippen molar-refractivity contribution in [2.24, 2.45) is 0 Å². The van der Waals surface area contributed by atoms with E-state index in [4.69, 9.17) is 18.5 Å². The van der Waals surface area contributed by atoms with Gasteiger partial charge in [-0.3, -0.25) is 18.6 Å². The standard InChI is InChI=1S/C51H83O13P/c1-3-5-7-9-11-13-15-17-19-21-22-24-25-27-29-31-33-35-37-39-44(52)61-41-43(42-62-65(59,60)64-51-49(57)47(55)46(54)48(56)50(51)58)63-45(53)40-38-36-34-32-30-28-26-23-20-18-16-14-12-10-8-6-4-2/h11-14,17-20,22,24,26-29,32,34,43,46-51,54-58H,3-10,15-16,21,23,25,30-31,33,35-42H2,1-2H3,(H,59,60)/b13-11-,14-12-,19-17-,20-18-,24-22-,28-26-,29-27-,34-32-/t43-,46?,47-,48?,49?,50?,51?/m1/s1. The predicted octanol–water partition coefficient (Wildman–Crippen LogP) is 9.83. The van der Waals surface area contributed by atoms with E-state index in [1.807, 2.05) is 12.2 Å². The van der Waals surface area contributed by atoms with Gasteiger partial charge in [-0.1, -0.05) is 143 Å². The minimum absolute atomic E-state index is 0.00770. The van der Waals surface area contributed by atoms with Crippen molar-refractivity contribution in [1.29, 1.82) is 0 Å². The molecule has 0 aromatic carbocycles. The molecule has 1 aliphatic rings. The Balaban J connectivity index is 2.52. The molecule has 13 nitrogen and oxygen atoms in total. The summed E-state index contributed by atoms with van der Waals surface area (Å²) in [6.07, 6.45) is 40.3. The van der Waals surface area contributed by atoms with Gasteiger partial charge in [0.05, 0.1) is 6.61 Å². The molecular formula is C51H83O13P. The van der Waals surface area contributed by atoms with Crippen LogP contribution in [0.15, 0.2) is 97.2 Å². The third-order valence-electron chi connectivity index (χ3n) is 10.4. The molecule has 0 heterocycles. The Morgan fingerprint density at radius 1 is 0.477 bits per heavy atom. The molecule has 1 rings (SSSR count). The molecule has 1 fully saturated rings. The second-order valence-corrected chi connectivity index (χ2v) is 17.7. The largest absolute Gasteiger partial charge is 0.472 e. The summed E-state index contributed by atoms with van der Waals surface area (Å²) >= 11 is 0. The Labute approximate surface area is 390 Å². The number of aliphatic hydroxyl groups is 5. The molecule has 0 spiro atoms. The van der Waals surface area contributed by atoms with E-state index in [-0.39, 0.29) is 12.8 Å². The number of esters is 2. The van der Waals surface area contributed by atoms with E-state index in [9.17, 15) is 44.6 Å². The Bertz CT molecular complexity index is 1500. The highest BCUT2D eigenvalue weighted by Gasteiger charge is 2.51. The highest BCUT2D eigenvalue weighted by molar-refractivity contribution is 7.47. The Hall–Kier alpha value is -3.23. The number of hydrogen-bond donors (Lipinski definition) is 6. The maximum absolute atomic E-state index is 12.8. The number of rotatable bonds is 38. The van der Waals surface area contributed by atoms with Gasteiger partial charge in [-0.25, -0.2) is 4.57 Å². The summed E-state index contributed by atoms with van der Waals surface area (Å²) in [4.78, 5) is 35.7. The van der Waals surface area contributed by atoms with Crippen molar-refractivity contribution in [1.82, 2.24) is 0 Å². The lowest BCUT2D eigenvalue weighted by molar-refractivity contribution is -0.220. The molecule has 8 atom stereocenters. The number of phosphoric ester groups is 1. The normalized spacial score (nSPS) is 22.3. The van der Waals surface area contributed by atoms with Crippen LogP contribution >= 0.6 is 7.82 Å². The van der Waals surface area contributed by atoms with E-state index >= 15 is 0 Å². The third kappa shape index (κ3) is 32.2. The second-order valence-electron chi connectivity index (χ2n) is 16.3. The van der Waals surface area contributed by atoms with Gasteiger partial charge in [0.2, 0.25) is 0 Å². The summed E-state index contributed by atoms with van der Waals surface area (Å²) in [6.45, 7) is 3.16. The molecule has 1 aliphatic carbocycles. The van der Waals surface area contributed by atoms with Crippen molar-refractivity contribution in [3.63, 3.8) is 0 Å². The first-order valence-corrected chi connectivity index (χ1v) is 25.5. The van der Waals surface area contributed by atoms with Crippen LogP contribution in [-0.2, 0) is 32.7 Å². The SMILES string of the molecule is CCCCC/C=C\C/C=C\C/C=C\C/C=C\CCCCCC(=O)OC[C@H](COP(=O)(O)OC1C(O)C(O)C(O)[C@@H](O)C1O)OC(=O)CCC/C=C\C/C=C\C/C=C\C/C=C\CCCCC. The van der Waals surface area contributed by atoms with Crippen LogP contribution in [0.5, 0.6) is 0 Å². The van der Waals surface area contributed by atoms with Crippen LogP contribution in [0, 0.1) is 0 Å². The predicted molar refractivity (Wildman–Crippen MR) is 258 cm³/mol. The van der Waals surface area contributed by atoms with Gasteiger partial charge in [-0.15, -0.1) is 0 Å². The number of hydrogen-bond acceptors (Lipinski definition) is 12. The summed E-state index contributed by atoms with van der Waals surface area (Å²) in [5.41, 5.74) is 0. The molecule has 370 valence electrons. The third-order valence-corrected chi connectivity index (χ3v) is 11.4. The first kappa shape index (κ1) is 59.8. The Morgan fingerprint density at radius 3 is 1.28 bits per heavy atom. The molecule has 0 radical (unpaired) electrons. The highest BCUT2D eigenvalue weighted by Crippen LogP contribution is 2.47. The number of aliphatic hydroxyl groups excluding tert-OH is 5. The van der Waals surface area contributed by atoms with Gasteiger partial charge < -0.3 is 39.9 Å². The first-order valence-electron chi connectivity index (χ1n) is 24.0. The van der Waals surface area contributed by atoms with E-state index in [1.54, 1.807) is 0 Å². The summed E-state index contributed by atoms with van der Waals surface area (Å²) in [6, 6.07) is 0. The lowest BCUT2D eigenvalue weighted by Gasteiger charge is -2.41. The fourth-order valence-corrected chi connectivity index (χ4v) is 7.47. The summed E-state index contributed by atoms with van der Waals surface area (Å²) in [5.74, 6) is -1.21. The molecule has 0 aromatic heterocycles. The second kappa shape index (κ2) is 39.9. The number of phosphoric acid groups is 1. The molecule has 65 heavy (non-hydrogen) atoms. The highest BCUT2D eigenvalue weighted by atomic mass is 31.2. The summed E-state index contributed by atoms with van der Waals surface area (Å²) < 4.78 is 33.5. The van der Waals surface area contributed by atoms with Crippen LogP contribution in [0.1, 0.15) is 155 Å². The van der Waals surface area contributed by atoms with Crippen LogP contribution in [-0.4, -0.2) is 98.3 Å². The minimum Gasteiger partial charge on any atom is -0.462 e. The molecule has 14 heteroatoms. The lowest BCUT2D eigenvalue weighted by Crippen LogP contribution is -2.64. The van der Waals surface area contributed by atoms with Crippen LogP contribution < -0.4 is 0 Å². The molecule has 0 aliphatic heterocycles. The van der Waals surface area contributed by atoms with Crippen molar-refractivity contribution in [2.45, 2.75) is 198 Å². The zero-order valence-electron chi connectivity index (χ0n) is 39.2. The average molecular weight is 935 g/mol. The van der Waals surface area contributed by atoms with E-state index < -0.39 is 75.7 Å². The minimum atomic E-state index is -5.15. The lowest BCUT2D eigenvalue weighted by atomic mass is 9.85. The number of allylic oxidation sites excluding steroid dienone is 16. The van der Waals surface area contributed by atoms with Gasteiger partial charge in [0.15, 0.2) is 6.10 Å². The molecular weight excluding hydrogens is 852 g/mol. The average Bonchev–Trinajstić information content (AvgIpc) is 3.29. The van der Waals surface area contributed by atoms with E-state index in [0.717, 1.165) is 70.6 Å². The molecule has 0 saturated heterocycles. The van der Waals surface area contributed by atoms with E-state index in [2.05, 4.69) is 98.9 Å². The Morgan fingerprint density at radius 2 is 0.846 bits per heavy atom. The van der Waals surface area contributed by atoms with Gasteiger partial charge in [-0.2, -0.15) is 0 Å². The van der Waals surface area contributed by atoms with Gasteiger partial charge in [0, 0.05) is 12.8 Å². The van der Waals surface area contributed by atoms with Crippen molar-refractivity contribution in [2.75, 3.05) is 13.2 Å². The van der Waals surface area contributed by atoms with E-state index in [1.165, 1.54) is 38.5 Å². The fourth-order valence-electron chi connectivity index (χ4n) is 6.50. The smallest absolute Gasteiger partial charge is 0.462 e. The molecule has 0 aromatic rings. The monoisotopic (exact) mass is 935 g/mol. The molecule has 6 unspecified atom stereocenters. The Kier molecular flexibility index (Phi) is 36.7. The van der Waals surface area contributed by atoms with Crippen molar-refractivity contribution in [3.8, 4) is 0 Å². The quantitative estimate of drug-likeness (QED) is 0.0148. The number of unbranched alkanes of at least 4 members (excludes halogenated alkanes) is 10. The van der Waals surface area contributed by atoms with Crippen molar-refractivity contribution < 1.29 is 63.1 Å². The molecule has 0 bridgehead atoms. The number of ether oxygens (including phenoxy) is 2. The van der Waals surface area contributed by atoms with Gasteiger partial charge in [0.25, 0.3) is 0 Å².